The second-order valence-corrected chi connectivity index (χ2v) is 4.31. The fraction of sp³-hybridized carbons (Fsp3) is 0.133. The predicted molar refractivity (Wildman–Crippen MR) is 79.1 cm³/mol. The first-order valence-corrected chi connectivity index (χ1v) is 6.27. The predicted octanol–water partition coefficient (Wildman–Crippen LogP) is 2.65. The number of carbonyl (C=O) groups is 1. The van der Waals surface area contributed by atoms with Crippen molar-refractivity contribution in [2.24, 2.45) is 0 Å². The molecule has 0 bridgehead atoms. The van der Waals surface area contributed by atoms with Gasteiger partial charge in [-0.1, -0.05) is 12.0 Å². The molecule has 0 saturated carbocycles. The summed E-state index contributed by atoms with van der Waals surface area (Å²) in [6.07, 6.45) is 6.64. The number of amides is 1. The summed E-state index contributed by atoms with van der Waals surface area (Å²) in [5, 5.41) is 13.5. The van der Waals surface area contributed by atoms with Gasteiger partial charge in [-0.25, -0.2) is 0 Å². The Balaban J connectivity index is 2.27. The number of nitrogens with zero attached hydrogens (tertiary/aromatic N) is 2. The quantitative estimate of drug-likeness (QED) is 0.532. The van der Waals surface area contributed by atoms with Crippen LogP contribution in [0.2, 0.25) is 0 Å². The average Bonchev–Trinajstić information content (AvgIpc) is 2.92. The molecule has 0 aliphatic rings. The molecule has 1 N–H and O–H groups in total. The van der Waals surface area contributed by atoms with Crippen molar-refractivity contribution in [3.05, 3.63) is 57.9 Å². The second-order valence-electron chi connectivity index (χ2n) is 4.31. The third-order valence-electron chi connectivity index (χ3n) is 2.95. The van der Waals surface area contributed by atoms with E-state index >= 15 is 0 Å². The maximum atomic E-state index is 12.2. The highest BCUT2D eigenvalue weighted by Gasteiger charge is 2.18. The van der Waals surface area contributed by atoms with Gasteiger partial charge < -0.3 is 9.88 Å². The van der Waals surface area contributed by atoms with E-state index < -0.39 is 10.8 Å². The van der Waals surface area contributed by atoms with Gasteiger partial charge in [0, 0.05) is 23.9 Å². The summed E-state index contributed by atoms with van der Waals surface area (Å²) in [7, 11) is 0. The van der Waals surface area contributed by atoms with Gasteiger partial charge in [-0.2, -0.15) is 0 Å². The molecule has 6 heteroatoms. The minimum Gasteiger partial charge on any atom is -0.337 e. The standard InChI is InChI=1S/C15H13N3O3/c1-3-11-6-5-7-12(8-11)16-15(19)14-9-13(18(20)21)10-17(14)4-2/h1,5-10H,4H2,2H3,(H,16,19). The van der Waals surface area contributed by atoms with Gasteiger partial charge in [0.2, 0.25) is 0 Å². The van der Waals surface area contributed by atoms with Crippen LogP contribution >= 0.6 is 0 Å². The molecule has 1 amide bonds. The molecule has 0 saturated heterocycles. The first kappa shape index (κ1) is 14.3. The van der Waals surface area contributed by atoms with Gasteiger partial charge in [-0.05, 0) is 25.1 Å². The summed E-state index contributed by atoms with van der Waals surface area (Å²) in [4.78, 5) is 22.5. The Morgan fingerprint density at radius 1 is 1.48 bits per heavy atom. The topological polar surface area (TPSA) is 77.2 Å². The zero-order chi connectivity index (χ0) is 15.4. The Kier molecular flexibility index (Phi) is 4.05. The van der Waals surface area contributed by atoms with Crippen molar-refractivity contribution in [2.75, 3.05) is 5.32 Å². The number of benzene rings is 1. The van der Waals surface area contributed by atoms with E-state index in [1.807, 2.05) is 0 Å². The molecule has 2 aromatic rings. The third-order valence-corrected chi connectivity index (χ3v) is 2.95. The van der Waals surface area contributed by atoms with Gasteiger partial charge >= 0.3 is 0 Å². The molecule has 21 heavy (non-hydrogen) atoms. The largest absolute Gasteiger partial charge is 0.337 e. The van der Waals surface area contributed by atoms with Crippen molar-refractivity contribution >= 4 is 17.3 Å². The maximum Gasteiger partial charge on any atom is 0.287 e. The zero-order valence-corrected chi connectivity index (χ0v) is 11.4. The molecule has 0 spiro atoms. The van der Waals surface area contributed by atoms with Gasteiger partial charge in [0.25, 0.3) is 11.6 Å². The van der Waals surface area contributed by atoms with Crippen molar-refractivity contribution < 1.29 is 9.72 Å². The summed E-state index contributed by atoms with van der Waals surface area (Å²) in [5.41, 5.74) is 1.31. The lowest BCUT2D eigenvalue weighted by molar-refractivity contribution is -0.384. The molecule has 0 unspecified atom stereocenters. The number of nitro groups is 1. The van der Waals surface area contributed by atoms with Crippen molar-refractivity contribution in [1.82, 2.24) is 4.57 Å². The lowest BCUT2D eigenvalue weighted by Crippen LogP contribution is -2.16. The summed E-state index contributed by atoms with van der Waals surface area (Å²) in [6, 6.07) is 8.09. The number of aromatic nitrogens is 1. The summed E-state index contributed by atoms with van der Waals surface area (Å²) < 4.78 is 1.53. The Bertz CT molecular complexity index is 741. The van der Waals surface area contributed by atoms with Crippen molar-refractivity contribution in [3.8, 4) is 12.3 Å². The number of hydrogen-bond donors (Lipinski definition) is 1. The average molecular weight is 283 g/mol. The van der Waals surface area contributed by atoms with E-state index in [4.69, 9.17) is 6.42 Å². The molecular weight excluding hydrogens is 270 g/mol. The fourth-order valence-corrected chi connectivity index (χ4v) is 1.93. The highest BCUT2D eigenvalue weighted by Crippen LogP contribution is 2.18. The SMILES string of the molecule is C#Cc1cccc(NC(=O)c2cc([N+](=O)[O-])cn2CC)c1. The van der Waals surface area contributed by atoms with Crippen LogP contribution in [-0.2, 0) is 6.54 Å². The van der Waals surface area contributed by atoms with Crippen molar-refractivity contribution in [1.29, 1.82) is 0 Å². The molecule has 0 fully saturated rings. The van der Waals surface area contributed by atoms with Crippen LogP contribution < -0.4 is 5.32 Å². The van der Waals surface area contributed by atoms with Crippen LogP contribution in [0.5, 0.6) is 0 Å². The third kappa shape index (κ3) is 3.09. The molecule has 0 aliphatic heterocycles. The van der Waals surface area contributed by atoms with Crippen LogP contribution in [0.1, 0.15) is 23.0 Å². The van der Waals surface area contributed by atoms with Crippen LogP contribution in [0.15, 0.2) is 36.5 Å². The number of anilines is 1. The first-order valence-electron chi connectivity index (χ1n) is 6.27. The minimum atomic E-state index is -0.526. The first-order chi connectivity index (χ1) is 10.0. The summed E-state index contributed by atoms with van der Waals surface area (Å²) in [5.74, 6) is 2.06. The lowest BCUT2D eigenvalue weighted by Gasteiger charge is -2.07. The number of nitrogens with one attached hydrogen (secondary N) is 1. The van der Waals surface area contributed by atoms with E-state index in [0.717, 1.165) is 0 Å². The highest BCUT2D eigenvalue weighted by molar-refractivity contribution is 6.03. The summed E-state index contributed by atoms with van der Waals surface area (Å²) in [6.45, 7) is 2.26. The smallest absolute Gasteiger partial charge is 0.287 e. The molecule has 6 nitrogen and oxygen atoms in total. The lowest BCUT2D eigenvalue weighted by atomic mass is 10.2. The minimum absolute atomic E-state index is 0.112. The Labute approximate surface area is 121 Å². The van der Waals surface area contributed by atoms with E-state index in [9.17, 15) is 14.9 Å². The highest BCUT2D eigenvalue weighted by atomic mass is 16.6. The summed E-state index contributed by atoms with van der Waals surface area (Å²) >= 11 is 0. The van der Waals surface area contributed by atoms with E-state index in [2.05, 4.69) is 11.2 Å². The molecule has 106 valence electrons. The van der Waals surface area contributed by atoms with E-state index in [1.165, 1.54) is 16.8 Å². The Morgan fingerprint density at radius 3 is 2.86 bits per heavy atom. The molecular formula is C15H13N3O3. The number of hydrogen-bond acceptors (Lipinski definition) is 3. The monoisotopic (exact) mass is 283 g/mol. The van der Waals surface area contributed by atoms with E-state index in [-0.39, 0.29) is 11.4 Å². The molecule has 0 radical (unpaired) electrons. The van der Waals surface area contributed by atoms with Crippen LogP contribution in [0.3, 0.4) is 0 Å². The molecule has 0 atom stereocenters. The number of rotatable bonds is 4. The van der Waals surface area contributed by atoms with Gasteiger partial charge in [0.05, 0.1) is 11.1 Å². The normalized spacial score (nSPS) is 9.90. The van der Waals surface area contributed by atoms with E-state index in [0.29, 0.717) is 17.8 Å². The van der Waals surface area contributed by atoms with Gasteiger partial charge in [-0.15, -0.1) is 6.42 Å². The van der Waals surface area contributed by atoms with Crippen molar-refractivity contribution in [3.63, 3.8) is 0 Å². The fourth-order valence-electron chi connectivity index (χ4n) is 1.93. The number of terminal acetylenes is 1. The van der Waals surface area contributed by atoms with Crippen LogP contribution in [0, 0.1) is 22.5 Å². The molecule has 1 heterocycles. The van der Waals surface area contributed by atoms with Gasteiger partial charge in [-0.3, -0.25) is 14.9 Å². The van der Waals surface area contributed by atoms with Gasteiger partial charge in [0.15, 0.2) is 0 Å². The van der Waals surface area contributed by atoms with Gasteiger partial charge in [0.1, 0.15) is 5.69 Å². The van der Waals surface area contributed by atoms with E-state index in [1.54, 1.807) is 31.2 Å². The molecule has 0 aliphatic carbocycles. The Hall–Kier alpha value is -3.07. The van der Waals surface area contributed by atoms with Crippen LogP contribution in [-0.4, -0.2) is 15.4 Å². The Morgan fingerprint density at radius 2 is 2.24 bits per heavy atom. The zero-order valence-electron chi connectivity index (χ0n) is 11.4. The molecule has 1 aromatic heterocycles. The van der Waals surface area contributed by atoms with Crippen molar-refractivity contribution in [2.45, 2.75) is 13.5 Å². The van der Waals surface area contributed by atoms with Crippen LogP contribution in [0.25, 0.3) is 0 Å². The maximum absolute atomic E-state index is 12.2. The second kappa shape index (κ2) is 5.92. The van der Waals surface area contributed by atoms with Crippen LogP contribution in [0.4, 0.5) is 11.4 Å². The number of carbonyl (C=O) groups excluding carboxylic acids is 1. The molecule has 1 aromatic carbocycles. The number of aryl methyl sites for hydroxylation is 1. The molecule has 2 rings (SSSR count).